The van der Waals surface area contributed by atoms with Gasteiger partial charge in [0.15, 0.2) is 0 Å². The van der Waals surface area contributed by atoms with E-state index in [4.69, 9.17) is 0 Å². The van der Waals surface area contributed by atoms with Crippen molar-refractivity contribution in [3.8, 4) is 6.07 Å². The number of carbonyl (C=O) groups is 1. The molecule has 0 saturated heterocycles. The van der Waals surface area contributed by atoms with Gasteiger partial charge in [0.1, 0.15) is 6.07 Å². The normalized spacial score (nSPS) is 16.9. The molecule has 0 spiro atoms. The molecule has 1 saturated carbocycles. The number of carbonyl (C=O) groups excluding carboxylic acids is 1. The predicted octanol–water partition coefficient (Wildman–Crippen LogP) is 3.78. The molecule has 2 rings (SSSR count). The molecule has 0 heterocycles. The Morgan fingerprint density at radius 3 is 2.68 bits per heavy atom. The zero-order valence-electron chi connectivity index (χ0n) is 11.6. The Kier molecular flexibility index (Phi) is 3.90. The Balaban J connectivity index is 2.24. The van der Waals surface area contributed by atoms with Crippen LogP contribution in [0.15, 0.2) is 18.2 Å². The Hall–Kier alpha value is -1.82. The minimum absolute atomic E-state index is 0.0783. The zero-order valence-corrected chi connectivity index (χ0v) is 11.6. The first kappa shape index (κ1) is 13.6. The van der Waals surface area contributed by atoms with E-state index in [0.29, 0.717) is 11.3 Å². The minimum Gasteiger partial charge on any atom is -0.324 e. The Labute approximate surface area is 114 Å². The summed E-state index contributed by atoms with van der Waals surface area (Å²) in [6.07, 6.45) is 5.04. The lowest BCUT2D eigenvalue weighted by Gasteiger charge is -2.26. The van der Waals surface area contributed by atoms with Crippen LogP contribution in [0, 0.1) is 23.7 Å². The fourth-order valence-electron chi connectivity index (χ4n) is 2.97. The van der Waals surface area contributed by atoms with Crippen LogP contribution in [0.2, 0.25) is 0 Å². The summed E-state index contributed by atoms with van der Waals surface area (Å²) in [5.74, 6) is 0.0783. The quantitative estimate of drug-likeness (QED) is 0.894. The average molecular weight is 256 g/mol. The van der Waals surface area contributed by atoms with Crippen molar-refractivity contribution in [3.63, 3.8) is 0 Å². The Morgan fingerprint density at radius 2 is 2.11 bits per heavy atom. The molecule has 0 aromatic heterocycles. The summed E-state index contributed by atoms with van der Waals surface area (Å²) in [5, 5.41) is 12.2. The Bertz CT molecular complexity index is 522. The number of anilines is 1. The van der Waals surface area contributed by atoms with Crippen molar-refractivity contribution in [1.82, 2.24) is 0 Å². The molecule has 0 bridgehead atoms. The van der Waals surface area contributed by atoms with Gasteiger partial charge in [-0.05, 0) is 37.8 Å². The van der Waals surface area contributed by atoms with E-state index < -0.39 is 0 Å². The topological polar surface area (TPSA) is 52.9 Å². The highest BCUT2D eigenvalue weighted by Crippen LogP contribution is 2.42. The summed E-state index contributed by atoms with van der Waals surface area (Å²) in [4.78, 5) is 12.5. The predicted molar refractivity (Wildman–Crippen MR) is 75.7 cm³/mol. The zero-order chi connectivity index (χ0) is 13.9. The van der Waals surface area contributed by atoms with Crippen LogP contribution in [0.3, 0.4) is 0 Å². The number of nitrogens with zero attached hydrogens (tertiary/aromatic N) is 1. The molecular weight excluding hydrogens is 236 g/mol. The van der Waals surface area contributed by atoms with Gasteiger partial charge in [-0.25, -0.2) is 0 Å². The molecule has 1 N–H and O–H groups in total. The number of nitriles is 1. The smallest absolute Gasteiger partial charge is 0.230 e. The van der Waals surface area contributed by atoms with Crippen molar-refractivity contribution in [3.05, 3.63) is 29.3 Å². The van der Waals surface area contributed by atoms with Crippen molar-refractivity contribution >= 4 is 11.6 Å². The van der Waals surface area contributed by atoms with Crippen LogP contribution in [0.5, 0.6) is 0 Å². The fraction of sp³-hybridized carbons (Fsp3) is 0.500. The summed E-state index contributed by atoms with van der Waals surface area (Å²) >= 11 is 0. The third-order valence-electron chi connectivity index (χ3n) is 4.35. The highest BCUT2D eigenvalue weighted by Gasteiger charge is 2.39. The average Bonchev–Trinajstić information content (AvgIpc) is 2.89. The molecular formula is C16H20N2O. The highest BCUT2D eigenvalue weighted by molar-refractivity contribution is 5.96. The van der Waals surface area contributed by atoms with E-state index in [0.717, 1.165) is 37.7 Å². The van der Waals surface area contributed by atoms with Gasteiger partial charge >= 0.3 is 0 Å². The Morgan fingerprint density at radius 1 is 1.42 bits per heavy atom. The highest BCUT2D eigenvalue weighted by atomic mass is 16.2. The third kappa shape index (κ3) is 2.49. The summed E-state index contributed by atoms with van der Waals surface area (Å²) in [7, 11) is 0. The van der Waals surface area contributed by atoms with Crippen LogP contribution in [0.25, 0.3) is 0 Å². The van der Waals surface area contributed by atoms with E-state index in [1.165, 1.54) is 0 Å². The second kappa shape index (κ2) is 5.44. The largest absolute Gasteiger partial charge is 0.324 e. The monoisotopic (exact) mass is 256 g/mol. The number of benzene rings is 1. The van der Waals surface area contributed by atoms with Crippen molar-refractivity contribution < 1.29 is 4.79 Å². The first-order chi connectivity index (χ1) is 9.13. The second-order valence-electron chi connectivity index (χ2n) is 5.40. The lowest BCUT2D eigenvalue weighted by atomic mass is 9.82. The summed E-state index contributed by atoms with van der Waals surface area (Å²) in [5.41, 5.74) is 1.89. The maximum Gasteiger partial charge on any atom is 0.230 e. The number of hydrogen-bond acceptors (Lipinski definition) is 2. The van der Waals surface area contributed by atoms with Crippen molar-refractivity contribution in [2.45, 2.75) is 46.0 Å². The number of rotatable bonds is 3. The van der Waals surface area contributed by atoms with Crippen LogP contribution in [0.4, 0.5) is 5.69 Å². The summed E-state index contributed by atoms with van der Waals surface area (Å²) in [6, 6.07) is 7.75. The fourth-order valence-corrected chi connectivity index (χ4v) is 2.97. The molecule has 0 radical (unpaired) electrons. The molecule has 1 amide bonds. The molecule has 3 heteroatoms. The molecule has 19 heavy (non-hydrogen) atoms. The van der Waals surface area contributed by atoms with E-state index in [1.807, 2.05) is 25.1 Å². The van der Waals surface area contributed by atoms with Crippen LogP contribution in [-0.4, -0.2) is 5.91 Å². The maximum absolute atomic E-state index is 12.5. The minimum atomic E-state index is -0.226. The molecule has 1 fully saturated rings. The lowest BCUT2D eigenvalue weighted by Crippen LogP contribution is -2.33. The molecule has 0 unspecified atom stereocenters. The molecule has 1 aliphatic carbocycles. The summed E-state index contributed by atoms with van der Waals surface area (Å²) < 4.78 is 0. The van der Waals surface area contributed by atoms with Crippen LogP contribution in [-0.2, 0) is 4.79 Å². The number of nitrogens with one attached hydrogen (secondary N) is 1. The molecule has 0 atom stereocenters. The third-order valence-corrected chi connectivity index (χ3v) is 4.35. The van der Waals surface area contributed by atoms with Gasteiger partial charge in [0.25, 0.3) is 0 Å². The molecule has 0 aliphatic heterocycles. The van der Waals surface area contributed by atoms with E-state index >= 15 is 0 Å². The number of aryl methyl sites for hydroxylation is 1. The number of hydrogen-bond donors (Lipinski definition) is 1. The van der Waals surface area contributed by atoms with Gasteiger partial charge in [0, 0.05) is 5.41 Å². The van der Waals surface area contributed by atoms with Crippen LogP contribution in [0.1, 0.15) is 50.2 Å². The van der Waals surface area contributed by atoms with Crippen LogP contribution < -0.4 is 5.32 Å². The van der Waals surface area contributed by atoms with Gasteiger partial charge < -0.3 is 5.32 Å². The van der Waals surface area contributed by atoms with Gasteiger partial charge in [0.05, 0.1) is 11.3 Å². The van der Waals surface area contributed by atoms with Crippen molar-refractivity contribution in [1.29, 1.82) is 5.26 Å². The maximum atomic E-state index is 12.5. The molecule has 1 aliphatic rings. The van der Waals surface area contributed by atoms with Gasteiger partial charge in [-0.15, -0.1) is 0 Å². The van der Waals surface area contributed by atoms with Gasteiger partial charge in [0.2, 0.25) is 5.91 Å². The first-order valence-corrected chi connectivity index (χ1v) is 6.94. The SMILES string of the molecule is CCC1(C(=O)Nc2cccc(C)c2C#N)CCCC1. The standard InChI is InChI=1S/C16H20N2O/c1-3-16(9-4-5-10-16)15(19)18-14-8-6-7-12(2)13(14)11-17/h6-8H,3-5,9-10H2,1-2H3,(H,18,19). The van der Waals surface area contributed by atoms with Crippen molar-refractivity contribution in [2.24, 2.45) is 5.41 Å². The van der Waals surface area contributed by atoms with E-state index in [1.54, 1.807) is 0 Å². The second-order valence-corrected chi connectivity index (χ2v) is 5.40. The van der Waals surface area contributed by atoms with Crippen molar-refractivity contribution in [2.75, 3.05) is 5.32 Å². The van der Waals surface area contributed by atoms with E-state index in [-0.39, 0.29) is 11.3 Å². The van der Waals surface area contributed by atoms with Gasteiger partial charge in [-0.2, -0.15) is 5.26 Å². The van der Waals surface area contributed by atoms with Gasteiger partial charge in [-0.3, -0.25) is 4.79 Å². The van der Waals surface area contributed by atoms with Gasteiger partial charge in [-0.1, -0.05) is 31.9 Å². The first-order valence-electron chi connectivity index (χ1n) is 6.94. The molecule has 1 aromatic rings. The molecule has 3 nitrogen and oxygen atoms in total. The lowest BCUT2D eigenvalue weighted by molar-refractivity contribution is -0.125. The molecule has 100 valence electrons. The van der Waals surface area contributed by atoms with Crippen LogP contribution >= 0.6 is 0 Å². The molecule has 1 aromatic carbocycles. The van der Waals surface area contributed by atoms with E-state index in [9.17, 15) is 10.1 Å². The summed E-state index contributed by atoms with van der Waals surface area (Å²) in [6.45, 7) is 3.96. The van der Waals surface area contributed by atoms with E-state index in [2.05, 4.69) is 18.3 Å². The number of amides is 1.